The van der Waals surface area contributed by atoms with Crippen molar-refractivity contribution in [1.82, 2.24) is 0 Å². The number of carbonyl (C=O) groups excluding carboxylic acids is 1. The quantitative estimate of drug-likeness (QED) is 0.347. The number of hydrogen-bond acceptors (Lipinski definition) is 1. The highest BCUT2D eigenvalue weighted by atomic mass is 16.1. The minimum atomic E-state index is -0.444. The van der Waals surface area contributed by atoms with Crippen molar-refractivity contribution in [3.63, 3.8) is 0 Å². The summed E-state index contributed by atoms with van der Waals surface area (Å²) in [5.74, 6) is -0.444. The Morgan fingerprint density at radius 1 is 1.57 bits per heavy atom. The van der Waals surface area contributed by atoms with Crippen LogP contribution in [0.2, 0.25) is 0 Å². The highest BCUT2D eigenvalue weighted by Crippen LogP contribution is 1.86. The molecule has 2 heteroatoms. The summed E-state index contributed by atoms with van der Waals surface area (Å²) in [5, 5.41) is 0. The first-order valence-electron chi connectivity index (χ1n) is 1.70. The molecule has 0 rings (SSSR count). The van der Waals surface area contributed by atoms with Crippen LogP contribution in [0.25, 0.3) is 0 Å². The van der Waals surface area contributed by atoms with Crippen LogP contribution in [0.3, 0.4) is 0 Å². The lowest BCUT2D eigenvalue weighted by Gasteiger charge is -1.82. The standard InChI is InChI=1S/C5H6NO/c1-4(2)5(7)6-3/h1-3H2. The summed E-state index contributed by atoms with van der Waals surface area (Å²) in [5.41, 5.74) is 0.176. The number of amides is 1. The van der Waals surface area contributed by atoms with E-state index in [0.717, 1.165) is 0 Å². The van der Waals surface area contributed by atoms with Gasteiger partial charge >= 0.3 is 0 Å². The third-order valence-electron chi connectivity index (χ3n) is 0.446. The van der Waals surface area contributed by atoms with Gasteiger partial charge in [0.15, 0.2) is 0 Å². The molecule has 2 nitrogen and oxygen atoms in total. The number of aliphatic imine (C=N–C) groups is 1. The van der Waals surface area contributed by atoms with E-state index in [1.165, 1.54) is 0 Å². The summed E-state index contributed by atoms with van der Waals surface area (Å²) < 4.78 is 0. The van der Waals surface area contributed by atoms with Crippen molar-refractivity contribution in [2.45, 2.75) is 0 Å². The van der Waals surface area contributed by atoms with E-state index in [1.54, 1.807) is 0 Å². The molecule has 0 unspecified atom stereocenters. The van der Waals surface area contributed by atoms with E-state index in [-0.39, 0.29) is 5.57 Å². The second-order valence-electron chi connectivity index (χ2n) is 1.07. The third-order valence-corrected chi connectivity index (χ3v) is 0.446. The topological polar surface area (TPSA) is 29.4 Å². The smallest absolute Gasteiger partial charge is 0.267 e. The fraction of sp³-hybridized carbons (Fsp3) is 0. The second-order valence-corrected chi connectivity index (χ2v) is 1.07. The van der Waals surface area contributed by atoms with Gasteiger partial charge in [0.05, 0.1) is 0 Å². The maximum Gasteiger partial charge on any atom is 0.271 e. The van der Waals surface area contributed by atoms with Gasteiger partial charge < -0.3 is 0 Å². The number of hydrogen-bond donors (Lipinski definition) is 0. The third kappa shape index (κ3) is 1.87. The van der Waals surface area contributed by atoms with Crippen LogP contribution in [0.1, 0.15) is 0 Å². The highest BCUT2D eigenvalue weighted by molar-refractivity contribution is 5.96. The molecule has 0 N–H and O–H groups in total. The van der Waals surface area contributed by atoms with E-state index in [9.17, 15) is 4.79 Å². The molecule has 0 aliphatic rings. The van der Waals surface area contributed by atoms with Gasteiger partial charge in [-0.3, -0.25) is 4.79 Å². The average molecular weight is 96.1 g/mol. The zero-order valence-corrected chi connectivity index (χ0v) is 3.98. The molecule has 1 amide bonds. The molecule has 0 fully saturated rings. The Kier molecular flexibility index (Phi) is 1.99. The fourth-order valence-electron chi connectivity index (χ4n) is 0.112. The maximum atomic E-state index is 10.1. The molecule has 37 valence electrons. The average Bonchev–Trinajstić information content (AvgIpc) is 1.65. The minimum Gasteiger partial charge on any atom is -0.267 e. The first-order chi connectivity index (χ1) is 3.18. The summed E-state index contributed by atoms with van der Waals surface area (Å²) in [6.07, 6.45) is 0. The monoisotopic (exact) mass is 96.0 g/mol. The summed E-state index contributed by atoms with van der Waals surface area (Å²) in [6, 6.07) is 0. The summed E-state index contributed by atoms with van der Waals surface area (Å²) in [6.45, 7) is 9.44. The zero-order chi connectivity index (χ0) is 5.86. The van der Waals surface area contributed by atoms with Crippen LogP contribution in [0, 0.1) is 6.92 Å². The molecule has 0 aliphatic heterocycles. The molecule has 0 aliphatic carbocycles. The Hall–Kier alpha value is -0.920. The molecule has 0 spiro atoms. The lowest BCUT2D eigenvalue weighted by molar-refractivity contribution is -0.114. The molecule has 0 saturated heterocycles. The molecule has 0 aromatic carbocycles. The van der Waals surface area contributed by atoms with E-state index in [2.05, 4.69) is 25.2 Å². The molecular formula is C5H6NO. The van der Waals surface area contributed by atoms with Crippen LogP contribution in [-0.4, -0.2) is 12.6 Å². The number of nitrogens with zero attached hydrogens (tertiary/aromatic N) is 1. The second kappa shape index (κ2) is 2.29. The highest BCUT2D eigenvalue weighted by Gasteiger charge is 1.92. The van der Waals surface area contributed by atoms with Crippen molar-refractivity contribution in [2.75, 3.05) is 0 Å². The molecule has 0 atom stereocenters. The molecule has 0 aromatic rings. The summed E-state index contributed by atoms with van der Waals surface area (Å²) in [7, 11) is 0. The summed E-state index contributed by atoms with van der Waals surface area (Å²) in [4.78, 5) is 13.2. The Labute approximate surface area is 42.6 Å². The van der Waals surface area contributed by atoms with Gasteiger partial charge in [-0.25, -0.2) is 4.99 Å². The zero-order valence-electron chi connectivity index (χ0n) is 3.98. The number of carbonyl (C=O) groups is 1. The van der Waals surface area contributed by atoms with Gasteiger partial charge in [-0.2, -0.15) is 0 Å². The van der Waals surface area contributed by atoms with Gasteiger partial charge in [0, 0.05) is 5.57 Å². The number of rotatable bonds is 1. The Bertz CT molecular complexity index is 115. The van der Waals surface area contributed by atoms with Crippen molar-refractivity contribution in [3.05, 3.63) is 19.1 Å². The van der Waals surface area contributed by atoms with E-state index in [1.807, 2.05) is 0 Å². The Morgan fingerprint density at radius 3 is 2.00 bits per heavy atom. The van der Waals surface area contributed by atoms with Gasteiger partial charge in [-0.15, -0.1) is 0 Å². The molecular weight excluding hydrogens is 90.1 g/mol. The first-order valence-corrected chi connectivity index (χ1v) is 1.70. The van der Waals surface area contributed by atoms with E-state index in [0.29, 0.717) is 0 Å². The van der Waals surface area contributed by atoms with E-state index >= 15 is 0 Å². The molecule has 7 heavy (non-hydrogen) atoms. The van der Waals surface area contributed by atoms with Crippen LogP contribution >= 0.6 is 0 Å². The predicted octanol–water partition coefficient (Wildman–Crippen LogP) is 0.604. The van der Waals surface area contributed by atoms with Gasteiger partial charge in [0.1, 0.15) is 0 Å². The van der Waals surface area contributed by atoms with E-state index < -0.39 is 5.91 Å². The normalized spacial score (nSPS) is 7.57. The lowest BCUT2D eigenvalue weighted by atomic mass is 10.3. The van der Waals surface area contributed by atoms with Crippen molar-refractivity contribution in [1.29, 1.82) is 0 Å². The minimum absolute atomic E-state index is 0.176. The largest absolute Gasteiger partial charge is 0.271 e. The van der Waals surface area contributed by atoms with Gasteiger partial charge in [0.25, 0.3) is 5.91 Å². The maximum absolute atomic E-state index is 10.1. The molecule has 0 aromatic heterocycles. The van der Waals surface area contributed by atoms with E-state index in [4.69, 9.17) is 0 Å². The fourth-order valence-corrected chi connectivity index (χ4v) is 0.112. The SMILES string of the molecule is [CH2]C(=C)C(=O)N=C. The predicted molar refractivity (Wildman–Crippen MR) is 29.1 cm³/mol. The summed E-state index contributed by atoms with van der Waals surface area (Å²) >= 11 is 0. The van der Waals surface area contributed by atoms with Crippen molar-refractivity contribution < 1.29 is 4.79 Å². The van der Waals surface area contributed by atoms with Gasteiger partial charge in [-0.1, -0.05) is 6.58 Å². The molecule has 0 saturated carbocycles. The van der Waals surface area contributed by atoms with Crippen LogP contribution in [0.4, 0.5) is 0 Å². The lowest BCUT2D eigenvalue weighted by Crippen LogP contribution is -1.90. The Morgan fingerprint density at radius 2 is 2.00 bits per heavy atom. The van der Waals surface area contributed by atoms with Crippen molar-refractivity contribution in [2.24, 2.45) is 4.99 Å². The van der Waals surface area contributed by atoms with Crippen molar-refractivity contribution >= 4 is 12.6 Å². The van der Waals surface area contributed by atoms with Gasteiger partial charge in [-0.05, 0) is 13.6 Å². The molecule has 0 heterocycles. The van der Waals surface area contributed by atoms with Crippen molar-refractivity contribution in [3.8, 4) is 0 Å². The molecule has 1 radical (unpaired) electrons. The molecule has 0 bridgehead atoms. The van der Waals surface area contributed by atoms with Crippen LogP contribution in [-0.2, 0) is 4.79 Å². The Balaban J connectivity index is 3.81. The van der Waals surface area contributed by atoms with Gasteiger partial charge in [0.2, 0.25) is 0 Å². The first kappa shape index (κ1) is 6.08. The van der Waals surface area contributed by atoms with Crippen LogP contribution < -0.4 is 0 Å². The van der Waals surface area contributed by atoms with Crippen LogP contribution in [0.5, 0.6) is 0 Å². The van der Waals surface area contributed by atoms with Crippen LogP contribution in [0.15, 0.2) is 17.1 Å².